The molecule has 0 N–H and O–H groups in total. The molecular formula is C52H32O. The molecule has 1 heterocycles. The largest absolute Gasteiger partial charge is 0.455 e. The molecule has 0 aliphatic heterocycles. The van der Waals surface area contributed by atoms with Crippen LogP contribution in [0.2, 0.25) is 0 Å². The summed E-state index contributed by atoms with van der Waals surface area (Å²) in [5, 5.41) is 12.1. The number of para-hydroxylation sites is 1. The van der Waals surface area contributed by atoms with E-state index in [-0.39, 0.29) is 0 Å². The molecule has 1 nitrogen and oxygen atoms in total. The average molecular weight is 673 g/mol. The van der Waals surface area contributed by atoms with E-state index in [9.17, 15) is 0 Å². The normalized spacial score (nSPS) is 11.8. The molecule has 1 aromatic heterocycles. The highest BCUT2D eigenvalue weighted by molar-refractivity contribution is 6.27. The van der Waals surface area contributed by atoms with Crippen molar-refractivity contribution in [1.82, 2.24) is 0 Å². The van der Waals surface area contributed by atoms with E-state index in [0.717, 1.165) is 27.5 Å². The Morgan fingerprint density at radius 3 is 1.53 bits per heavy atom. The Morgan fingerprint density at radius 2 is 0.792 bits per heavy atom. The van der Waals surface area contributed by atoms with Crippen LogP contribution in [0.5, 0.6) is 0 Å². The van der Waals surface area contributed by atoms with Gasteiger partial charge in [-0.2, -0.15) is 0 Å². The van der Waals surface area contributed by atoms with E-state index in [1.165, 1.54) is 82.0 Å². The number of hydrogen-bond donors (Lipinski definition) is 0. The minimum atomic E-state index is 0.894. The summed E-state index contributed by atoms with van der Waals surface area (Å²) < 4.78 is 6.86. The molecule has 0 saturated heterocycles. The Labute approximate surface area is 307 Å². The summed E-state index contributed by atoms with van der Waals surface area (Å²) in [7, 11) is 0. The van der Waals surface area contributed by atoms with Gasteiger partial charge in [0.05, 0.1) is 0 Å². The maximum absolute atomic E-state index is 6.86. The Hall–Kier alpha value is -6.96. The predicted molar refractivity (Wildman–Crippen MR) is 225 cm³/mol. The first-order valence-electron chi connectivity index (χ1n) is 18.3. The minimum absolute atomic E-state index is 0.894. The topological polar surface area (TPSA) is 13.1 Å². The molecule has 11 aromatic rings. The zero-order valence-electron chi connectivity index (χ0n) is 28.9. The molecular weight excluding hydrogens is 641 g/mol. The zero-order chi connectivity index (χ0) is 34.9. The van der Waals surface area contributed by atoms with E-state index in [4.69, 9.17) is 4.42 Å². The second-order valence-corrected chi connectivity index (χ2v) is 13.9. The smallest absolute Gasteiger partial charge is 0.143 e. The molecule has 0 atom stereocenters. The summed E-state index contributed by atoms with van der Waals surface area (Å²) >= 11 is 0. The Kier molecular flexibility index (Phi) is 6.62. The molecule has 0 amide bonds. The number of benzene rings is 10. The molecule has 0 unspecified atom stereocenters. The third-order valence-corrected chi connectivity index (χ3v) is 11.1. The molecule has 0 aliphatic carbocycles. The van der Waals surface area contributed by atoms with Crippen molar-refractivity contribution in [2.75, 3.05) is 0 Å². The van der Waals surface area contributed by atoms with Gasteiger partial charge in [-0.05, 0) is 100 Å². The summed E-state index contributed by atoms with van der Waals surface area (Å²) in [5.74, 6) is 0. The fourth-order valence-corrected chi connectivity index (χ4v) is 8.73. The SMILES string of the molecule is c1ccc(-c2c3ccccc3c(-c3ccc(-c4cccc5ccccc45)c4oc5ccccc5c34)c3ccccc23)c(-c2ccc3ccccc3c2)c1. The molecule has 1 heteroatoms. The third-order valence-electron chi connectivity index (χ3n) is 11.1. The van der Waals surface area contributed by atoms with Crippen molar-refractivity contribution >= 4 is 65.0 Å². The van der Waals surface area contributed by atoms with Gasteiger partial charge in [-0.3, -0.25) is 0 Å². The van der Waals surface area contributed by atoms with E-state index < -0.39 is 0 Å². The quantitative estimate of drug-likeness (QED) is 0.170. The predicted octanol–water partition coefficient (Wildman–Crippen LogP) is 14.9. The van der Waals surface area contributed by atoms with E-state index in [2.05, 4.69) is 194 Å². The van der Waals surface area contributed by atoms with Crippen LogP contribution in [-0.2, 0) is 0 Å². The fourth-order valence-electron chi connectivity index (χ4n) is 8.73. The van der Waals surface area contributed by atoms with Crippen molar-refractivity contribution in [1.29, 1.82) is 0 Å². The maximum atomic E-state index is 6.86. The second-order valence-electron chi connectivity index (χ2n) is 13.9. The molecule has 0 aliphatic rings. The van der Waals surface area contributed by atoms with E-state index in [0.29, 0.717) is 0 Å². The summed E-state index contributed by atoms with van der Waals surface area (Å²) in [5.41, 5.74) is 11.4. The van der Waals surface area contributed by atoms with Gasteiger partial charge in [0.2, 0.25) is 0 Å². The highest BCUT2D eigenvalue weighted by Gasteiger charge is 2.23. The molecule has 0 fully saturated rings. The van der Waals surface area contributed by atoms with Crippen molar-refractivity contribution < 1.29 is 4.42 Å². The van der Waals surface area contributed by atoms with Crippen LogP contribution in [0.25, 0.3) is 110 Å². The van der Waals surface area contributed by atoms with Gasteiger partial charge in [-0.1, -0.05) is 176 Å². The van der Waals surface area contributed by atoms with Crippen molar-refractivity contribution in [3.63, 3.8) is 0 Å². The van der Waals surface area contributed by atoms with Gasteiger partial charge >= 0.3 is 0 Å². The molecule has 0 saturated carbocycles. The van der Waals surface area contributed by atoms with Gasteiger partial charge in [0.1, 0.15) is 11.2 Å². The fraction of sp³-hybridized carbons (Fsp3) is 0. The van der Waals surface area contributed by atoms with Crippen LogP contribution in [0, 0.1) is 0 Å². The van der Waals surface area contributed by atoms with Crippen LogP contribution in [-0.4, -0.2) is 0 Å². The Bertz CT molecular complexity index is 3170. The lowest BCUT2D eigenvalue weighted by atomic mass is 9.82. The first-order chi connectivity index (χ1) is 26.3. The number of rotatable bonds is 4. The summed E-state index contributed by atoms with van der Waals surface area (Å²) in [6, 6.07) is 70.5. The van der Waals surface area contributed by atoms with Crippen LogP contribution in [0.4, 0.5) is 0 Å². The highest BCUT2D eigenvalue weighted by atomic mass is 16.3. The maximum Gasteiger partial charge on any atom is 0.143 e. The average Bonchev–Trinajstić information content (AvgIpc) is 3.62. The molecule has 11 rings (SSSR count). The monoisotopic (exact) mass is 672 g/mol. The third kappa shape index (κ3) is 4.58. The van der Waals surface area contributed by atoms with Gasteiger partial charge in [0, 0.05) is 16.3 Å². The summed E-state index contributed by atoms with van der Waals surface area (Å²) in [6.45, 7) is 0. The minimum Gasteiger partial charge on any atom is -0.455 e. The molecule has 10 aromatic carbocycles. The Balaban J connectivity index is 1.23. The number of furan rings is 1. The summed E-state index contributed by atoms with van der Waals surface area (Å²) in [6.07, 6.45) is 0. The van der Waals surface area contributed by atoms with Crippen molar-refractivity contribution in [2.45, 2.75) is 0 Å². The molecule has 246 valence electrons. The van der Waals surface area contributed by atoms with Gasteiger partial charge in [0.15, 0.2) is 0 Å². The van der Waals surface area contributed by atoms with E-state index in [1.807, 2.05) is 0 Å². The van der Waals surface area contributed by atoms with Gasteiger partial charge < -0.3 is 4.42 Å². The first-order valence-corrected chi connectivity index (χ1v) is 18.3. The number of fused-ring (bicyclic) bond motifs is 7. The van der Waals surface area contributed by atoms with Crippen LogP contribution >= 0.6 is 0 Å². The van der Waals surface area contributed by atoms with Gasteiger partial charge in [-0.15, -0.1) is 0 Å². The lowest BCUT2D eigenvalue weighted by Crippen LogP contribution is -1.93. The van der Waals surface area contributed by atoms with Crippen molar-refractivity contribution in [2.24, 2.45) is 0 Å². The first kappa shape index (κ1) is 29.7. The van der Waals surface area contributed by atoms with Crippen molar-refractivity contribution in [3.8, 4) is 44.5 Å². The Morgan fingerprint density at radius 1 is 0.283 bits per heavy atom. The van der Waals surface area contributed by atoms with E-state index >= 15 is 0 Å². The zero-order valence-corrected chi connectivity index (χ0v) is 28.9. The lowest BCUT2D eigenvalue weighted by molar-refractivity contribution is 0.670. The van der Waals surface area contributed by atoms with Crippen LogP contribution < -0.4 is 0 Å². The molecule has 0 spiro atoms. The number of hydrogen-bond acceptors (Lipinski definition) is 1. The lowest BCUT2D eigenvalue weighted by Gasteiger charge is -2.20. The summed E-state index contributed by atoms with van der Waals surface area (Å²) in [4.78, 5) is 0. The highest BCUT2D eigenvalue weighted by Crippen LogP contribution is 2.50. The van der Waals surface area contributed by atoms with E-state index in [1.54, 1.807) is 0 Å². The standard InChI is InChI=1S/C52H32O/c1-2-16-35-32-36(29-28-33(35)14-1)38-19-5-6-20-40(38)49-41-21-7-9-23-43(41)50(44-24-10-8-22-42(44)49)47-31-30-45(39-26-13-17-34-15-3-4-18-37(34)39)52-51(47)46-25-11-12-27-48(46)53-52/h1-32H. The van der Waals surface area contributed by atoms with Gasteiger partial charge in [0.25, 0.3) is 0 Å². The van der Waals surface area contributed by atoms with Crippen LogP contribution in [0.1, 0.15) is 0 Å². The van der Waals surface area contributed by atoms with Crippen molar-refractivity contribution in [3.05, 3.63) is 194 Å². The second kappa shape index (κ2) is 11.8. The molecule has 53 heavy (non-hydrogen) atoms. The van der Waals surface area contributed by atoms with Crippen LogP contribution in [0.15, 0.2) is 199 Å². The molecule has 0 radical (unpaired) electrons. The van der Waals surface area contributed by atoms with Crippen LogP contribution in [0.3, 0.4) is 0 Å². The van der Waals surface area contributed by atoms with Gasteiger partial charge in [-0.25, -0.2) is 0 Å². The molecule has 0 bridgehead atoms.